The molecule has 2 aromatic carbocycles. The molecule has 2 aromatic rings. The van der Waals surface area contributed by atoms with E-state index in [0.717, 1.165) is 37.1 Å². The minimum Gasteiger partial charge on any atom is -0.494 e. The van der Waals surface area contributed by atoms with Crippen LogP contribution in [0.5, 0.6) is 11.5 Å². The Bertz CT molecular complexity index is 942. The molecule has 0 radical (unpaired) electrons. The van der Waals surface area contributed by atoms with Crippen molar-refractivity contribution in [2.45, 2.75) is 71.1 Å². The third-order valence-electron chi connectivity index (χ3n) is 5.32. The lowest BCUT2D eigenvalue weighted by Crippen LogP contribution is -2.13. The molecule has 0 aliphatic rings. The van der Waals surface area contributed by atoms with Crippen molar-refractivity contribution < 1.29 is 19.2 Å². The van der Waals surface area contributed by atoms with Crippen LogP contribution in [0, 0.1) is 10.1 Å². The van der Waals surface area contributed by atoms with Crippen LogP contribution in [0.15, 0.2) is 53.3 Å². The van der Waals surface area contributed by atoms with Crippen molar-refractivity contribution in [1.29, 1.82) is 0 Å². The van der Waals surface area contributed by atoms with Gasteiger partial charge in [-0.2, -0.15) is 0 Å². The summed E-state index contributed by atoms with van der Waals surface area (Å²) in [5.41, 5.74) is -0.632. The van der Waals surface area contributed by atoms with Gasteiger partial charge in [0.2, 0.25) is 5.43 Å². The average Bonchev–Trinajstić information content (AvgIpc) is 2.99. The lowest BCUT2D eigenvalue weighted by atomic mass is 10.1. The van der Waals surface area contributed by atoms with Gasteiger partial charge in [0.25, 0.3) is 5.69 Å². The van der Waals surface area contributed by atoms with Crippen LogP contribution in [0.2, 0.25) is 0 Å². The molecule has 0 atom stereocenters. The first-order valence-electron chi connectivity index (χ1n) is 11.7. The van der Waals surface area contributed by atoms with Crippen molar-refractivity contribution in [3.05, 3.63) is 74.4 Å². The van der Waals surface area contributed by atoms with Gasteiger partial charge in [0, 0.05) is 12.1 Å². The molecule has 2 rings (SSSR count). The smallest absolute Gasteiger partial charge is 0.343 e. The molecule has 0 aromatic heterocycles. The summed E-state index contributed by atoms with van der Waals surface area (Å²) < 4.78 is 10.9. The Morgan fingerprint density at radius 3 is 2.00 bits per heavy atom. The highest BCUT2D eigenvalue weighted by atomic mass is 16.6. The quantitative estimate of drug-likeness (QED) is 0.132. The summed E-state index contributed by atoms with van der Waals surface area (Å²) >= 11 is 0. The summed E-state index contributed by atoms with van der Waals surface area (Å²) in [5, 5.41) is 10.8. The van der Waals surface area contributed by atoms with Crippen LogP contribution < -0.4 is 14.9 Å². The summed E-state index contributed by atoms with van der Waals surface area (Å²) in [6.45, 7) is 2.86. The zero-order valence-corrected chi connectivity index (χ0v) is 19.3. The number of hydrogen-bond donors (Lipinski definition) is 0. The third-order valence-corrected chi connectivity index (χ3v) is 5.32. The van der Waals surface area contributed by atoms with Crippen LogP contribution >= 0.6 is 0 Å². The predicted octanol–water partition coefficient (Wildman–Crippen LogP) is 6.47. The Morgan fingerprint density at radius 1 is 0.818 bits per heavy atom. The molecule has 0 amide bonds. The van der Waals surface area contributed by atoms with Gasteiger partial charge in [-0.05, 0) is 42.8 Å². The molecule has 0 fully saturated rings. The van der Waals surface area contributed by atoms with Crippen molar-refractivity contribution >= 4 is 11.7 Å². The van der Waals surface area contributed by atoms with E-state index < -0.39 is 16.3 Å². The van der Waals surface area contributed by atoms with E-state index >= 15 is 0 Å². The monoisotopic (exact) mass is 455 g/mol. The second-order valence-corrected chi connectivity index (χ2v) is 8.02. The molecule has 0 aliphatic heterocycles. The van der Waals surface area contributed by atoms with Crippen molar-refractivity contribution in [3.8, 4) is 11.5 Å². The molecule has 0 unspecified atom stereocenters. The van der Waals surface area contributed by atoms with Gasteiger partial charge in [-0.1, -0.05) is 64.7 Å². The first-order valence-corrected chi connectivity index (χ1v) is 11.7. The van der Waals surface area contributed by atoms with E-state index in [1.54, 1.807) is 24.3 Å². The Balaban J connectivity index is 1.70. The molecular weight excluding hydrogens is 422 g/mol. The molecule has 0 saturated carbocycles. The molecule has 0 bridgehead atoms. The second-order valence-electron chi connectivity index (χ2n) is 8.02. The van der Waals surface area contributed by atoms with E-state index in [1.165, 1.54) is 51.4 Å². The molecule has 7 nitrogen and oxygen atoms in total. The largest absolute Gasteiger partial charge is 0.494 e. The predicted molar refractivity (Wildman–Crippen MR) is 128 cm³/mol. The second kappa shape index (κ2) is 14.8. The van der Waals surface area contributed by atoms with Crippen molar-refractivity contribution in [2.24, 2.45) is 0 Å². The third kappa shape index (κ3) is 9.85. The van der Waals surface area contributed by atoms with E-state index in [0.29, 0.717) is 12.4 Å². The van der Waals surface area contributed by atoms with Crippen LogP contribution in [0.4, 0.5) is 5.69 Å². The van der Waals surface area contributed by atoms with E-state index in [1.807, 2.05) is 0 Å². The number of nitro groups is 1. The molecule has 0 aliphatic carbocycles. The van der Waals surface area contributed by atoms with Gasteiger partial charge in [0.05, 0.1) is 17.1 Å². The molecular formula is C26H33NO6. The van der Waals surface area contributed by atoms with Crippen LogP contribution in [0.1, 0.15) is 81.5 Å². The van der Waals surface area contributed by atoms with Gasteiger partial charge in [-0.3, -0.25) is 14.9 Å². The molecule has 0 N–H and O–H groups in total. The summed E-state index contributed by atoms with van der Waals surface area (Å²) in [6.07, 6.45) is 12.6. The summed E-state index contributed by atoms with van der Waals surface area (Å²) in [7, 11) is 0. The molecule has 7 heteroatoms. The standard InChI is InChI=1S/C26H33NO6/c1-2-3-4-5-6-7-8-9-10-11-20-32-23-16-12-21(13-17-23)26(29)33-25-19-15-22(27(30)31)14-18-24(25)28/h12-19H,2-11,20H2,1H3. The van der Waals surface area contributed by atoms with Gasteiger partial charge in [0.1, 0.15) is 5.75 Å². The fourth-order valence-corrected chi connectivity index (χ4v) is 3.37. The van der Waals surface area contributed by atoms with E-state index in [-0.39, 0.29) is 17.0 Å². The molecule has 33 heavy (non-hydrogen) atoms. The van der Waals surface area contributed by atoms with Crippen LogP contribution in [-0.2, 0) is 0 Å². The molecule has 0 spiro atoms. The number of rotatable bonds is 15. The topological polar surface area (TPSA) is 95.7 Å². The van der Waals surface area contributed by atoms with Crippen LogP contribution in [0.25, 0.3) is 0 Å². The van der Waals surface area contributed by atoms with E-state index in [4.69, 9.17) is 9.47 Å². The number of carbonyl (C=O) groups excluding carboxylic acids is 1. The minimum atomic E-state index is -0.720. The number of ether oxygens (including phenoxy) is 2. The number of benzene rings is 1. The summed E-state index contributed by atoms with van der Waals surface area (Å²) in [5.74, 6) is -0.328. The molecule has 0 saturated heterocycles. The highest BCUT2D eigenvalue weighted by Gasteiger charge is 2.12. The zero-order valence-electron chi connectivity index (χ0n) is 19.3. The number of esters is 1. The first kappa shape index (κ1) is 26.0. The molecule has 178 valence electrons. The Labute approximate surface area is 194 Å². The van der Waals surface area contributed by atoms with Crippen molar-refractivity contribution in [1.82, 2.24) is 0 Å². The van der Waals surface area contributed by atoms with Crippen molar-refractivity contribution in [3.63, 3.8) is 0 Å². The highest BCUT2D eigenvalue weighted by molar-refractivity contribution is 5.91. The SMILES string of the molecule is CCCCCCCCCCCCOc1ccc(C(=O)Oc2ccc([N+](=O)[O-])ccc2=O)cc1. The lowest BCUT2D eigenvalue weighted by Gasteiger charge is -2.07. The van der Waals surface area contributed by atoms with E-state index in [2.05, 4.69) is 6.92 Å². The number of nitrogens with zero attached hydrogens (tertiary/aromatic N) is 1. The maximum atomic E-state index is 12.3. The van der Waals surface area contributed by atoms with Crippen LogP contribution in [0.3, 0.4) is 0 Å². The Kier molecular flexibility index (Phi) is 11.7. The van der Waals surface area contributed by atoms with Crippen molar-refractivity contribution in [2.75, 3.05) is 6.61 Å². The number of unbranched alkanes of at least 4 members (excludes halogenated alkanes) is 9. The fourth-order valence-electron chi connectivity index (χ4n) is 3.37. The Hall–Kier alpha value is -3.22. The van der Waals surface area contributed by atoms with E-state index in [9.17, 15) is 19.7 Å². The lowest BCUT2D eigenvalue weighted by molar-refractivity contribution is -0.384. The van der Waals surface area contributed by atoms with Gasteiger partial charge in [0.15, 0.2) is 5.75 Å². The zero-order chi connectivity index (χ0) is 23.9. The average molecular weight is 456 g/mol. The minimum absolute atomic E-state index is 0.252. The van der Waals surface area contributed by atoms with Gasteiger partial charge in [-0.15, -0.1) is 0 Å². The summed E-state index contributed by atoms with van der Waals surface area (Å²) in [6, 6.07) is 10.8. The fraction of sp³-hybridized carbons (Fsp3) is 0.462. The number of hydrogen-bond acceptors (Lipinski definition) is 6. The first-order chi connectivity index (χ1) is 16.0. The normalized spacial score (nSPS) is 10.6. The number of carbonyl (C=O) groups is 1. The maximum Gasteiger partial charge on any atom is 0.343 e. The highest BCUT2D eigenvalue weighted by Crippen LogP contribution is 2.16. The van der Waals surface area contributed by atoms with Gasteiger partial charge < -0.3 is 9.47 Å². The summed E-state index contributed by atoms with van der Waals surface area (Å²) in [4.78, 5) is 34.5. The molecule has 0 heterocycles. The van der Waals surface area contributed by atoms with Gasteiger partial charge >= 0.3 is 5.97 Å². The van der Waals surface area contributed by atoms with Crippen LogP contribution in [-0.4, -0.2) is 17.5 Å². The Morgan fingerprint density at radius 2 is 1.39 bits per heavy atom. The maximum absolute atomic E-state index is 12.3. The van der Waals surface area contributed by atoms with Gasteiger partial charge in [-0.25, -0.2) is 4.79 Å².